The van der Waals surface area contributed by atoms with Crippen molar-refractivity contribution in [3.63, 3.8) is 0 Å². The largest absolute Gasteiger partial charge is 0.481 e. The number of carboxylic acid groups (broad SMARTS) is 2. The van der Waals surface area contributed by atoms with Gasteiger partial charge in [-0.05, 0) is 25.7 Å². The van der Waals surface area contributed by atoms with Crippen molar-refractivity contribution in [3.8, 4) is 0 Å². The molecule has 2 aliphatic heterocycles. The van der Waals surface area contributed by atoms with Gasteiger partial charge in [-0.3, -0.25) is 19.2 Å². The molecule has 2 amide bonds. The van der Waals surface area contributed by atoms with Crippen molar-refractivity contribution in [2.45, 2.75) is 66.5 Å². The number of amides is 2. The molecule has 0 spiro atoms. The Hall–Kier alpha value is -3.18. The minimum absolute atomic E-state index is 0. The van der Waals surface area contributed by atoms with E-state index in [2.05, 4.69) is 9.47 Å². The summed E-state index contributed by atoms with van der Waals surface area (Å²) in [6.07, 6.45) is 2.03. The Morgan fingerprint density at radius 3 is 1.44 bits per heavy atom. The minimum Gasteiger partial charge on any atom is -0.481 e. The quantitative estimate of drug-likeness (QED) is 0.543. The van der Waals surface area contributed by atoms with E-state index >= 15 is 0 Å². The number of methoxy groups -OCH3 is 2. The second-order valence-electron chi connectivity index (χ2n) is 7.53. The second-order valence-corrected chi connectivity index (χ2v) is 7.53. The van der Waals surface area contributed by atoms with Crippen LogP contribution in [0.15, 0.2) is 0 Å². The van der Waals surface area contributed by atoms with E-state index in [1.54, 1.807) is 0 Å². The molecular weight excluding hydrogens is 452 g/mol. The molecule has 2 rings (SSSR count). The Bertz CT molecular complexity index is 732. The number of likely N-dealkylation sites (tertiary alicyclic amines) is 2. The predicted octanol–water partition coefficient (Wildman–Crippen LogP) is 1.01. The SMILES string of the molecule is C.C.COC(=O)[C@@H]1CCCN(C(C)=O)[C@@H]1C(=O)O.COC(=O)[C@@H]1[C@H](C(=O)O)CCCN1C(C)=O. The molecule has 2 aliphatic rings. The first-order valence-electron chi connectivity index (χ1n) is 10.1. The summed E-state index contributed by atoms with van der Waals surface area (Å²) in [6, 6.07) is -2.09. The third-order valence-corrected chi connectivity index (χ3v) is 5.59. The molecule has 0 bridgehead atoms. The summed E-state index contributed by atoms with van der Waals surface area (Å²) in [5, 5.41) is 18.1. The highest BCUT2D eigenvalue weighted by Crippen LogP contribution is 2.26. The van der Waals surface area contributed by atoms with Gasteiger partial charge in [0.05, 0.1) is 26.1 Å². The summed E-state index contributed by atoms with van der Waals surface area (Å²) in [7, 11) is 2.40. The summed E-state index contributed by atoms with van der Waals surface area (Å²) >= 11 is 0. The fourth-order valence-corrected chi connectivity index (χ4v) is 4.07. The predicted molar refractivity (Wildman–Crippen MR) is 121 cm³/mol. The zero-order chi connectivity index (χ0) is 24.6. The summed E-state index contributed by atoms with van der Waals surface area (Å²) in [4.78, 5) is 70.1. The Morgan fingerprint density at radius 1 is 0.676 bits per heavy atom. The van der Waals surface area contributed by atoms with Gasteiger partial charge in [0.25, 0.3) is 0 Å². The van der Waals surface area contributed by atoms with Crippen molar-refractivity contribution >= 4 is 35.7 Å². The van der Waals surface area contributed by atoms with Gasteiger partial charge >= 0.3 is 23.9 Å². The number of piperidine rings is 2. The number of ether oxygens (including phenoxy) is 2. The number of hydrogen-bond donors (Lipinski definition) is 2. The molecule has 12 heteroatoms. The van der Waals surface area contributed by atoms with Crippen LogP contribution in [-0.2, 0) is 38.2 Å². The van der Waals surface area contributed by atoms with Crippen molar-refractivity contribution in [1.82, 2.24) is 9.80 Å². The van der Waals surface area contributed by atoms with E-state index in [4.69, 9.17) is 10.2 Å². The van der Waals surface area contributed by atoms with Crippen LogP contribution in [0.3, 0.4) is 0 Å². The molecule has 0 saturated carbocycles. The summed E-state index contributed by atoms with van der Waals surface area (Å²) in [5.74, 6) is -5.74. The first-order chi connectivity index (χ1) is 15.0. The molecule has 34 heavy (non-hydrogen) atoms. The van der Waals surface area contributed by atoms with E-state index in [1.807, 2.05) is 0 Å². The fourth-order valence-electron chi connectivity index (χ4n) is 4.07. The van der Waals surface area contributed by atoms with Crippen molar-refractivity contribution in [2.24, 2.45) is 11.8 Å². The molecular formula is C22H38N2O10. The normalized spacial score (nSPS) is 23.5. The van der Waals surface area contributed by atoms with Gasteiger partial charge in [-0.2, -0.15) is 0 Å². The van der Waals surface area contributed by atoms with Crippen LogP contribution >= 0.6 is 0 Å². The molecule has 0 unspecified atom stereocenters. The highest BCUT2D eigenvalue weighted by molar-refractivity contribution is 5.89. The Morgan fingerprint density at radius 2 is 1.09 bits per heavy atom. The molecule has 196 valence electrons. The van der Waals surface area contributed by atoms with Crippen molar-refractivity contribution < 1.29 is 48.5 Å². The Labute approximate surface area is 200 Å². The maximum Gasteiger partial charge on any atom is 0.329 e. The van der Waals surface area contributed by atoms with Crippen molar-refractivity contribution in [2.75, 3.05) is 27.3 Å². The number of carboxylic acids is 2. The molecule has 2 N–H and O–H groups in total. The van der Waals surface area contributed by atoms with Crippen LogP contribution in [0.4, 0.5) is 0 Å². The minimum atomic E-state index is -1.16. The molecule has 2 fully saturated rings. The van der Waals surface area contributed by atoms with Gasteiger partial charge in [0.2, 0.25) is 11.8 Å². The monoisotopic (exact) mass is 490 g/mol. The molecule has 0 radical (unpaired) electrons. The third-order valence-electron chi connectivity index (χ3n) is 5.59. The van der Waals surface area contributed by atoms with Crippen LogP contribution in [0.2, 0.25) is 0 Å². The van der Waals surface area contributed by atoms with Gasteiger partial charge in [0.15, 0.2) is 0 Å². The van der Waals surface area contributed by atoms with Crippen molar-refractivity contribution in [3.05, 3.63) is 0 Å². The van der Waals surface area contributed by atoms with E-state index < -0.39 is 47.8 Å². The van der Waals surface area contributed by atoms with Crippen LogP contribution in [0.25, 0.3) is 0 Å². The van der Waals surface area contributed by atoms with E-state index in [1.165, 1.54) is 37.9 Å². The lowest BCUT2D eigenvalue weighted by Crippen LogP contribution is -2.54. The van der Waals surface area contributed by atoms with Crippen molar-refractivity contribution in [1.29, 1.82) is 0 Å². The first kappa shape index (κ1) is 33.0. The molecule has 12 nitrogen and oxygen atoms in total. The standard InChI is InChI=1S/2C10H15NO5.2CH4/c1-6(12)11-5-3-4-7(10(15)16-2)8(11)9(13)14;1-6(12)11-5-3-4-7(9(13)14)8(11)10(15)16-2;;/h2*7-8H,3-5H2,1-2H3,(H,13,14);2*1H4/t2*7-,8+;;/m11../s1. The number of nitrogens with zero attached hydrogens (tertiary/aromatic N) is 2. The maximum absolute atomic E-state index is 11.5. The number of carbonyl (C=O) groups is 6. The molecule has 0 aromatic heterocycles. The fraction of sp³-hybridized carbons (Fsp3) is 0.727. The smallest absolute Gasteiger partial charge is 0.329 e. The van der Waals surface area contributed by atoms with Crippen LogP contribution in [-0.4, -0.2) is 95.1 Å². The topological polar surface area (TPSA) is 168 Å². The molecule has 0 aliphatic carbocycles. The number of esters is 2. The molecule has 4 atom stereocenters. The van der Waals surface area contributed by atoms with Gasteiger partial charge in [-0.25, -0.2) is 9.59 Å². The summed E-state index contributed by atoms with van der Waals surface area (Å²) < 4.78 is 9.11. The lowest BCUT2D eigenvalue weighted by Gasteiger charge is -2.36. The van der Waals surface area contributed by atoms with Crippen LogP contribution < -0.4 is 0 Å². The van der Waals surface area contributed by atoms with E-state index in [9.17, 15) is 28.8 Å². The number of hydrogen-bond acceptors (Lipinski definition) is 8. The van der Waals surface area contributed by atoms with Gasteiger partial charge in [-0.15, -0.1) is 0 Å². The third kappa shape index (κ3) is 7.99. The summed E-state index contributed by atoms with van der Waals surface area (Å²) in [6.45, 7) is 3.40. The molecule has 2 heterocycles. The number of carbonyl (C=O) groups excluding carboxylic acids is 4. The van der Waals surface area contributed by atoms with E-state index in [0.29, 0.717) is 38.8 Å². The Balaban J connectivity index is 0. The lowest BCUT2D eigenvalue weighted by atomic mass is 9.89. The number of rotatable bonds is 4. The van der Waals surface area contributed by atoms with Gasteiger partial charge < -0.3 is 29.5 Å². The zero-order valence-corrected chi connectivity index (χ0v) is 18.6. The molecule has 0 aromatic rings. The van der Waals surface area contributed by atoms with Gasteiger partial charge in [-0.1, -0.05) is 14.9 Å². The number of aliphatic carboxylic acids is 2. The summed E-state index contributed by atoms with van der Waals surface area (Å²) in [5.41, 5.74) is 0. The highest BCUT2D eigenvalue weighted by Gasteiger charge is 2.43. The molecule has 2 saturated heterocycles. The van der Waals surface area contributed by atoms with Gasteiger partial charge in [0.1, 0.15) is 12.1 Å². The lowest BCUT2D eigenvalue weighted by molar-refractivity contribution is -0.164. The molecule has 0 aromatic carbocycles. The highest BCUT2D eigenvalue weighted by atomic mass is 16.5. The Kier molecular flexibility index (Phi) is 14.4. The zero-order valence-electron chi connectivity index (χ0n) is 18.6. The average molecular weight is 491 g/mol. The maximum atomic E-state index is 11.5. The second kappa shape index (κ2) is 14.9. The van der Waals surface area contributed by atoms with E-state index in [-0.39, 0.29) is 26.7 Å². The van der Waals surface area contributed by atoms with Crippen LogP contribution in [0, 0.1) is 11.8 Å². The average Bonchev–Trinajstić information content (AvgIpc) is 2.76. The van der Waals surface area contributed by atoms with Crippen LogP contribution in [0.1, 0.15) is 54.4 Å². The van der Waals surface area contributed by atoms with Crippen LogP contribution in [0.5, 0.6) is 0 Å². The van der Waals surface area contributed by atoms with Gasteiger partial charge in [0, 0.05) is 26.9 Å². The van der Waals surface area contributed by atoms with E-state index in [0.717, 1.165) is 0 Å². The first-order valence-corrected chi connectivity index (χ1v) is 10.1.